The van der Waals surface area contributed by atoms with Crippen molar-refractivity contribution >= 4 is 11.6 Å². The van der Waals surface area contributed by atoms with Crippen LogP contribution in [0.3, 0.4) is 0 Å². The zero-order valence-corrected chi connectivity index (χ0v) is 10.1. The first-order chi connectivity index (χ1) is 8.13. The van der Waals surface area contributed by atoms with Gasteiger partial charge in [0.25, 0.3) is 0 Å². The molecule has 1 heterocycles. The molecule has 0 radical (unpaired) electrons. The largest absolute Gasteiger partial charge is 0.396 e. The Morgan fingerprint density at radius 2 is 2.24 bits per heavy atom. The van der Waals surface area contributed by atoms with E-state index in [0.717, 1.165) is 0 Å². The van der Waals surface area contributed by atoms with Gasteiger partial charge in [-0.3, -0.25) is 0 Å². The van der Waals surface area contributed by atoms with Crippen molar-refractivity contribution in [1.82, 2.24) is 9.55 Å². The number of hydrogen-bond acceptors (Lipinski definition) is 2. The summed E-state index contributed by atoms with van der Waals surface area (Å²) in [4.78, 5) is 4.31. The van der Waals surface area contributed by atoms with Crippen molar-refractivity contribution in [2.45, 2.75) is 6.42 Å². The van der Waals surface area contributed by atoms with E-state index in [1.54, 1.807) is 23.7 Å². The standard InChI is InChI=1S/C12H12ClFN2O/c1-16-10(5-6-17)15-11(12(16)13)8-3-2-4-9(14)7-8/h2-4,7,17H,5-6H2,1H3. The van der Waals surface area contributed by atoms with Crippen LogP contribution in [0.2, 0.25) is 5.15 Å². The number of nitrogens with zero attached hydrogens (tertiary/aromatic N) is 2. The summed E-state index contributed by atoms with van der Waals surface area (Å²) < 4.78 is 14.8. The van der Waals surface area contributed by atoms with Crippen molar-refractivity contribution in [3.8, 4) is 11.3 Å². The lowest BCUT2D eigenvalue weighted by Gasteiger charge is -1.99. The third-order valence-electron chi connectivity index (χ3n) is 2.55. The monoisotopic (exact) mass is 254 g/mol. The zero-order chi connectivity index (χ0) is 12.4. The summed E-state index contributed by atoms with van der Waals surface area (Å²) in [5.74, 6) is 0.352. The Bertz CT molecular complexity index is 539. The summed E-state index contributed by atoms with van der Waals surface area (Å²) in [5, 5.41) is 9.35. The highest BCUT2D eigenvalue weighted by molar-refractivity contribution is 6.32. The van der Waals surface area contributed by atoms with E-state index in [9.17, 15) is 4.39 Å². The van der Waals surface area contributed by atoms with Gasteiger partial charge in [0.05, 0.1) is 6.61 Å². The molecule has 1 N–H and O–H groups in total. The summed E-state index contributed by atoms with van der Waals surface area (Å²) in [7, 11) is 1.77. The Kier molecular flexibility index (Phi) is 3.45. The molecule has 0 aliphatic carbocycles. The average molecular weight is 255 g/mol. The maximum atomic E-state index is 13.1. The quantitative estimate of drug-likeness (QED) is 0.914. The number of aliphatic hydroxyl groups excluding tert-OH is 1. The van der Waals surface area contributed by atoms with Crippen molar-refractivity contribution in [2.75, 3.05) is 6.61 Å². The van der Waals surface area contributed by atoms with Crippen LogP contribution in [-0.2, 0) is 13.5 Å². The van der Waals surface area contributed by atoms with E-state index in [-0.39, 0.29) is 12.4 Å². The molecule has 2 rings (SSSR count). The molecule has 0 fully saturated rings. The number of benzene rings is 1. The van der Waals surface area contributed by atoms with Gasteiger partial charge < -0.3 is 9.67 Å². The summed E-state index contributed by atoms with van der Waals surface area (Å²) in [6.45, 7) is 0.00374. The van der Waals surface area contributed by atoms with Crippen LogP contribution in [-0.4, -0.2) is 21.3 Å². The minimum atomic E-state index is -0.326. The van der Waals surface area contributed by atoms with E-state index in [0.29, 0.717) is 28.7 Å². The van der Waals surface area contributed by atoms with Crippen molar-refractivity contribution in [1.29, 1.82) is 0 Å². The van der Waals surface area contributed by atoms with Gasteiger partial charge in [0, 0.05) is 19.0 Å². The summed E-state index contributed by atoms with van der Waals surface area (Å²) >= 11 is 6.13. The highest BCUT2D eigenvalue weighted by Gasteiger charge is 2.14. The van der Waals surface area contributed by atoms with Crippen molar-refractivity contribution in [2.24, 2.45) is 7.05 Å². The topological polar surface area (TPSA) is 38.0 Å². The normalized spacial score (nSPS) is 10.8. The molecule has 0 unspecified atom stereocenters. The van der Waals surface area contributed by atoms with Crippen LogP contribution in [0.4, 0.5) is 4.39 Å². The van der Waals surface area contributed by atoms with Crippen LogP contribution >= 0.6 is 11.6 Å². The van der Waals surface area contributed by atoms with E-state index in [2.05, 4.69) is 4.98 Å². The van der Waals surface area contributed by atoms with Gasteiger partial charge >= 0.3 is 0 Å². The van der Waals surface area contributed by atoms with Gasteiger partial charge in [-0.1, -0.05) is 23.7 Å². The minimum absolute atomic E-state index is 0.00374. The molecule has 0 atom stereocenters. The number of hydrogen-bond donors (Lipinski definition) is 1. The second kappa shape index (κ2) is 4.85. The third kappa shape index (κ3) is 2.33. The van der Waals surface area contributed by atoms with Crippen LogP contribution in [0.15, 0.2) is 24.3 Å². The fourth-order valence-electron chi connectivity index (χ4n) is 1.67. The van der Waals surface area contributed by atoms with E-state index >= 15 is 0 Å². The number of aromatic nitrogens is 2. The van der Waals surface area contributed by atoms with Crippen LogP contribution in [0.1, 0.15) is 5.82 Å². The molecule has 0 spiro atoms. The van der Waals surface area contributed by atoms with Crippen LogP contribution in [0, 0.1) is 5.82 Å². The van der Waals surface area contributed by atoms with Crippen LogP contribution < -0.4 is 0 Å². The maximum Gasteiger partial charge on any atom is 0.136 e. The van der Waals surface area contributed by atoms with Crippen molar-refractivity contribution < 1.29 is 9.50 Å². The molecule has 2 aromatic rings. The van der Waals surface area contributed by atoms with Gasteiger partial charge in [-0.05, 0) is 12.1 Å². The molecule has 1 aromatic heterocycles. The Balaban J connectivity index is 2.49. The number of halogens is 2. The van der Waals surface area contributed by atoms with Crippen LogP contribution in [0.5, 0.6) is 0 Å². The molecular formula is C12H12ClFN2O. The Morgan fingerprint density at radius 3 is 2.88 bits per heavy atom. The highest BCUT2D eigenvalue weighted by Crippen LogP contribution is 2.28. The van der Waals surface area contributed by atoms with Gasteiger partial charge in [0.2, 0.25) is 0 Å². The molecule has 5 heteroatoms. The fourth-order valence-corrected chi connectivity index (χ4v) is 1.91. The SMILES string of the molecule is Cn1c(CCO)nc(-c2cccc(F)c2)c1Cl. The Morgan fingerprint density at radius 1 is 1.47 bits per heavy atom. The van der Waals surface area contributed by atoms with E-state index in [1.165, 1.54) is 12.1 Å². The smallest absolute Gasteiger partial charge is 0.136 e. The van der Waals surface area contributed by atoms with Crippen LogP contribution in [0.25, 0.3) is 11.3 Å². The molecular weight excluding hydrogens is 243 g/mol. The van der Waals surface area contributed by atoms with Gasteiger partial charge in [0.1, 0.15) is 22.5 Å². The van der Waals surface area contributed by atoms with Crippen molar-refractivity contribution in [3.63, 3.8) is 0 Å². The molecule has 0 bridgehead atoms. The fraction of sp³-hybridized carbons (Fsp3) is 0.250. The first-order valence-electron chi connectivity index (χ1n) is 5.21. The predicted molar refractivity (Wildman–Crippen MR) is 64.4 cm³/mol. The lowest BCUT2D eigenvalue weighted by atomic mass is 10.2. The lowest BCUT2D eigenvalue weighted by Crippen LogP contribution is -2.00. The number of imidazole rings is 1. The van der Waals surface area contributed by atoms with Gasteiger partial charge in [0.15, 0.2) is 0 Å². The predicted octanol–water partition coefficient (Wildman–Crippen LogP) is 2.41. The lowest BCUT2D eigenvalue weighted by molar-refractivity contribution is 0.295. The van der Waals surface area contributed by atoms with E-state index < -0.39 is 0 Å². The van der Waals surface area contributed by atoms with E-state index in [4.69, 9.17) is 16.7 Å². The zero-order valence-electron chi connectivity index (χ0n) is 9.32. The molecule has 3 nitrogen and oxygen atoms in total. The number of aliphatic hydroxyl groups is 1. The molecule has 0 amide bonds. The second-order valence-electron chi connectivity index (χ2n) is 3.71. The number of rotatable bonds is 3. The Hall–Kier alpha value is -1.39. The molecule has 1 aromatic carbocycles. The van der Waals surface area contributed by atoms with Crippen molar-refractivity contribution in [3.05, 3.63) is 41.1 Å². The van der Waals surface area contributed by atoms with Gasteiger partial charge in [-0.15, -0.1) is 0 Å². The minimum Gasteiger partial charge on any atom is -0.396 e. The molecule has 0 aliphatic heterocycles. The first kappa shape index (κ1) is 12.1. The first-order valence-corrected chi connectivity index (χ1v) is 5.59. The molecule has 90 valence electrons. The maximum absolute atomic E-state index is 13.1. The third-order valence-corrected chi connectivity index (χ3v) is 2.98. The highest BCUT2D eigenvalue weighted by atomic mass is 35.5. The molecule has 0 saturated carbocycles. The van der Waals surface area contributed by atoms with E-state index in [1.807, 2.05) is 0 Å². The Labute approximate surface area is 103 Å². The van der Waals surface area contributed by atoms with Gasteiger partial charge in [-0.2, -0.15) is 0 Å². The summed E-state index contributed by atoms with van der Waals surface area (Å²) in [5.41, 5.74) is 1.17. The summed E-state index contributed by atoms with van der Waals surface area (Å²) in [6.07, 6.45) is 0.422. The summed E-state index contributed by atoms with van der Waals surface area (Å²) in [6, 6.07) is 6.12. The second-order valence-corrected chi connectivity index (χ2v) is 4.07. The average Bonchev–Trinajstić information content (AvgIpc) is 2.58. The molecule has 0 aliphatic rings. The van der Waals surface area contributed by atoms with Gasteiger partial charge in [-0.25, -0.2) is 9.37 Å². The molecule has 0 saturated heterocycles. The molecule has 17 heavy (non-hydrogen) atoms.